The average Bonchev–Trinajstić information content (AvgIpc) is 2.60. The van der Waals surface area contributed by atoms with Crippen molar-refractivity contribution < 1.29 is 13.2 Å². The molecule has 5 heteroatoms. The minimum absolute atomic E-state index is 0.0344. The fourth-order valence-electron chi connectivity index (χ4n) is 1.61. The standard InChI is InChI=1S/C10H11ClO3S/c11-15(12,13)6-4-8-1-2-9-3-5-14-10(9)7-8/h1-2,7H,3-6H2. The number of hydrogen-bond acceptors (Lipinski definition) is 3. The molecule has 0 saturated heterocycles. The molecule has 0 spiro atoms. The first kappa shape index (κ1) is 10.8. The highest BCUT2D eigenvalue weighted by Crippen LogP contribution is 2.26. The molecule has 0 fully saturated rings. The van der Waals surface area contributed by atoms with Gasteiger partial charge in [0.05, 0.1) is 12.4 Å². The van der Waals surface area contributed by atoms with Crippen molar-refractivity contribution in [1.29, 1.82) is 0 Å². The fraction of sp³-hybridized carbons (Fsp3) is 0.400. The highest BCUT2D eigenvalue weighted by Gasteiger charge is 2.13. The Morgan fingerprint density at radius 2 is 2.20 bits per heavy atom. The summed E-state index contributed by atoms with van der Waals surface area (Å²) in [6.45, 7) is 0.715. The smallest absolute Gasteiger partial charge is 0.232 e. The first-order chi connectivity index (χ1) is 7.04. The van der Waals surface area contributed by atoms with Gasteiger partial charge in [-0.2, -0.15) is 0 Å². The minimum atomic E-state index is -3.40. The number of hydrogen-bond donors (Lipinski definition) is 0. The molecule has 0 atom stereocenters. The molecule has 0 bridgehead atoms. The van der Waals surface area contributed by atoms with Crippen molar-refractivity contribution in [2.45, 2.75) is 12.8 Å². The van der Waals surface area contributed by atoms with Crippen LogP contribution in [-0.2, 0) is 21.9 Å². The monoisotopic (exact) mass is 246 g/mol. The Morgan fingerprint density at radius 1 is 1.40 bits per heavy atom. The van der Waals surface area contributed by atoms with Crippen LogP contribution in [0.3, 0.4) is 0 Å². The molecule has 0 aromatic heterocycles. The van der Waals surface area contributed by atoms with Crippen LogP contribution in [0.1, 0.15) is 11.1 Å². The molecule has 1 heterocycles. The van der Waals surface area contributed by atoms with Crippen LogP contribution in [0.15, 0.2) is 18.2 Å². The van der Waals surface area contributed by atoms with Crippen LogP contribution in [0, 0.1) is 0 Å². The average molecular weight is 247 g/mol. The van der Waals surface area contributed by atoms with Gasteiger partial charge < -0.3 is 4.74 Å². The van der Waals surface area contributed by atoms with Crippen molar-refractivity contribution in [2.75, 3.05) is 12.4 Å². The number of ether oxygens (including phenoxy) is 1. The third-order valence-electron chi connectivity index (χ3n) is 2.40. The summed E-state index contributed by atoms with van der Waals surface area (Å²) in [6.07, 6.45) is 1.37. The lowest BCUT2D eigenvalue weighted by Gasteiger charge is -2.03. The lowest BCUT2D eigenvalue weighted by molar-refractivity contribution is 0.356. The normalized spacial score (nSPS) is 14.7. The predicted molar refractivity (Wildman–Crippen MR) is 59.0 cm³/mol. The third-order valence-corrected chi connectivity index (χ3v) is 3.55. The SMILES string of the molecule is O=S(=O)(Cl)CCc1ccc2c(c1)OCC2. The van der Waals surface area contributed by atoms with E-state index >= 15 is 0 Å². The molecule has 1 aromatic carbocycles. The molecule has 1 aromatic rings. The van der Waals surface area contributed by atoms with E-state index in [1.807, 2.05) is 18.2 Å². The van der Waals surface area contributed by atoms with E-state index in [1.54, 1.807) is 0 Å². The van der Waals surface area contributed by atoms with E-state index in [9.17, 15) is 8.42 Å². The van der Waals surface area contributed by atoms with Gasteiger partial charge in [-0.15, -0.1) is 0 Å². The summed E-state index contributed by atoms with van der Waals surface area (Å²) in [4.78, 5) is 0. The Labute approximate surface area is 93.4 Å². The van der Waals surface area contributed by atoms with E-state index in [0.717, 1.165) is 17.7 Å². The number of aryl methyl sites for hydroxylation is 1. The zero-order valence-electron chi connectivity index (χ0n) is 8.07. The third kappa shape index (κ3) is 2.86. The zero-order chi connectivity index (χ0) is 10.9. The highest BCUT2D eigenvalue weighted by atomic mass is 35.7. The van der Waals surface area contributed by atoms with E-state index in [-0.39, 0.29) is 5.75 Å². The summed E-state index contributed by atoms with van der Waals surface area (Å²) < 4.78 is 26.9. The van der Waals surface area contributed by atoms with Gasteiger partial charge in [0.25, 0.3) is 0 Å². The van der Waals surface area contributed by atoms with Crippen molar-refractivity contribution in [3.63, 3.8) is 0 Å². The minimum Gasteiger partial charge on any atom is -0.493 e. The molecule has 0 saturated carbocycles. The van der Waals surface area contributed by atoms with Gasteiger partial charge in [-0.05, 0) is 23.6 Å². The van der Waals surface area contributed by atoms with Crippen molar-refractivity contribution in [3.8, 4) is 5.75 Å². The van der Waals surface area contributed by atoms with E-state index in [0.29, 0.717) is 13.0 Å². The predicted octanol–water partition coefficient (Wildman–Crippen LogP) is 1.73. The van der Waals surface area contributed by atoms with Crippen LogP contribution in [0.25, 0.3) is 0 Å². The van der Waals surface area contributed by atoms with Gasteiger partial charge in [-0.3, -0.25) is 0 Å². The molecule has 0 aliphatic carbocycles. The summed E-state index contributed by atoms with van der Waals surface area (Å²) in [7, 11) is 1.74. The Bertz CT molecular complexity index is 468. The molecule has 2 rings (SSSR count). The summed E-state index contributed by atoms with van der Waals surface area (Å²) in [6, 6.07) is 5.80. The lowest BCUT2D eigenvalue weighted by atomic mass is 10.1. The van der Waals surface area contributed by atoms with E-state index < -0.39 is 9.05 Å². The molecule has 0 unspecified atom stereocenters. The maximum atomic E-state index is 10.8. The van der Waals surface area contributed by atoms with Gasteiger partial charge in [-0.25, -0.2) is 8.42 Å². The van der Waals surface area contributed by atoms with Crippen LogP contribution >= 0.6 is 10.7 Å². The second-order valence-corrected chi connectivity index (χ2v) is 6.43. The maximum Gasteiger partial charge on any atom is 0.232 e. The topological polar surface area (TPSA) is 43.4 Å². The summed E-state index contributed by atoms with van der Waals surface area (Å²) >= 11 is 0. The van der Waals surface area contributed by atoms with Crippen LogP contribution in [0.2, 0.25) is 0 Å². The molecule has 0 radical (unpaired) electrons. The van der Waals surface area contributed by atoms with Gasteiger partial charge in [-0.1, -0.05) is 12.1 Å². The first-order valence-corrected chi connectivity index (χ1v) is 7.19. The van der Waals surface area contributed by atoms with Gasteiger partial charge in [0, 0.05) is 17.1 Å². The molecule has 3 nitrogen and oxygen atoms in total. The Kier molecular flexibility index (Phi) is 2.89. The van der Waals surface area contributed by atoms with E-state index in [4.69, 9.17) is 15.4 Å². The second kappa shape index (κ2) is 4.02. The summed E-state index contributed by atoms with van der Waals surface area (Å²) in [5, 5.41) is 0. The quantitative estimate of drug-likeness (QED) is 0.763. The van der Waals surface area contributed by atoms with Crippen molar-refractivity contribution in [2.24, 2.45) is 0 Å². The molecule has 0 amide bonds. The summed E-state index contributed by atoms with van der Waals surface area (Å²) in [5.41, 5.74) is 2.13. The van der Waals surface area contributed by atoms with Gasteiger partial charge in [0.15, 0.2) is 0 Å². The van der Waals surface area contributed by atoms with Crippen molar-refractivity contribution in [1.82, 2.24) is 0 Å². The largest absolute Gasteiger partial charge is 0.493 e. The van der Waals surface area contributed by atoms with Crippen LogP contribution in [0.5, 0.6) is 5.75 Å². The number of fused-ring (bicyclic) bond motifs is 1. The zero-order valence-corrected chi connectivity index (χ0v) is 9.64. The number of rotatable bonds is 3. The maximum absolute atomic E-state index is 10.8. The molecule has 15 heavy (non-hydrogen) atoms. The molecule has 1 aliphatic heterocycles. The first-order valence-electron chi connectivity index (χ1n) is 4.71. The number of benzene rings is 1. The van der Waals surface area contributed by atoms with Gasteiger partial charge in [0.1, 0.15) is 5.75 Å². The Hall–Kier alpha value is -0.740. The summed E-state index contributed by atoms with van der Waals surface area (Å²) in [5.74, 6) is 0.840. The number of halogens is 1. The van der Waals surface area contributed by atoms with E-state index in [2.05, 4.69) is 0 Å². The van der Waals surface area contributed by atoms with Crippen molar-refractivity contribution >= 4 is 19.7 Å². The highest BCUT2D eigenvalue weighted by molar-refractivity contribution is 8.13. The molecular formula is C10H11ClO3S. The van der Waals surface area contributed by atoms with Crippen molar-refractivity contribution in [3.05, 3.63) is 29.3 Å². The molecule has 0 N–H and O–H groups in total. The molecule has 82 valence electrons. The van der Waals surface area contributed by atoms with Gasteiger partial charge in [0.2, 0.25) is 9.05 Å². The van der Waals surface area contributed by atoms with Gasteiger partial charge >= 0.3 is 0 Å². The Morgan fingerprint density at radius 3 is 2.93 bits per heavy atom. The van der Waals surface area contributed by atoms with E-state index in [1.165, 1.54) is 5.56 Å². The molecule has 1 aliphatic rings. The fourth-order valence-corrected chi connectivity index (χ4v) is 2.32. The Balaban J connectivity index is 2.10. The van der Waals surface area contributed by atoms with Crippen LogP contribution < -0.4 is 4.74 Å². The second-order valence-electron chi connectivity index (χ2n) is 3.53. The van der Waals surface area contributed by atoms with Crippen LogP contribution in [-0.4, -0.2) is 20.8 Å². The lowest BCUT2D eigenvalue weighted by Crippen LogP contribution is -2.01. The van der Waals surface area contributed by atoms with Crippen LogP contribution in [0.4, 0.5) is 0 Å². The molecular weight excluding hydrogens is 236 g/mol.